The fraction of sp³-hybridized carbons (Fsp3) is 0.538. The molecule has 2 N–H and O–H groups in total. The molecule has 4 nitrogen and oxygen atoms in total. The van der Waals surface area contributed by atoms with E-state index >= 15 is 0 Å². The molecule has 0 aliphatic carbocycles. The van der Waals surface area contributed by atoms with Crippen molar-refractivity contribution in [3.63, 3.8) is 0 Å². The van der Waals surface area contributed by atoms with Crippen LogP contribution < -0.4 is 5.73 Å². The third kappa shape index (κ3) is 5.15. The van der Waals surface area contributed by atoms with Crippen molar-refractivity contribution in [3.8, 4) is 0 Å². The summed E-state index contributed by atoms with van der Waals surface area (Å²) in [5.74, 6) is -0.469. The van der Waals surface area contributed by atoms with Gasteiger partial charge in [0, 0.05) is 13.1 Å². The van der Waals surface area contributed by atoms with E-state index < -0.39 is 23.0 Å². The Kier molecular flexibility index (Phi) is 6.51. The molecule has 114 valence electrons. The summed E-state index contributed by atoms with van der Waals surface area (Å²) in [7, 11) is -3.75. The van der Waals surface area contributed by atoms with Crippen LogP contribution in [0.3, 0.4) is 0 Å². The second-order valence-corrected chi connectivity index (χ2v) is 6.64. The van der Waals surface area contributed by atoms with Gasteiger partial charge in [0.1, 0.15) is 0 Å². The second kappa shape index (κ2) is 7.66. The number of rotatable bonds is 8. The lowest BCUT2D eigenvalue weighted by molar-refractivity contribution is 0.120. The van der Waals surface area contributed by atoms with Crippen molar-refractivity contribution in [2.24, 2.45) is 5.73 Å². The first kappa shape index (κ1) is 17.0. The molecule has 0 bridgehead atoms. The van der Waals surface area contributed by atoms with Gasteiger partial charge >= 0.3 is 0 Å². The normalized spacial score (nSPS) is 13.9. The zero-order valence-corrected chi connectivity index (χ0v) is 12.2. The van der Waals surface area contributed by atoms with Crippen molar-refractivity contribution in [3.05, 3.63) is 35.9 Å². The standard InChI is InChI=1S/C13H20F2N2O2S/c1-11(12-5-3-2-4-6-12)10-20(18,19)17(8-7-16)9-13(14)15/h2-6,11,13H,7-10,16H2,1H3. The van der Waals surface area contributed by atoms with Crippen LogP contribution in [-0.4, -0.2) is 44.5 Å². The Morgan fingerprint density at radius 1 is 1.25 bits per heavy atom. The molecule has 0 aromatic heterocycles. The Bertz CT molecular complexity index is 494. The van der Waals surface area contributed by atoms with E-state index in [4.69, 9.17) is 5.73 Å². The Morgan fingerprint density at radius 3 is 2.35 bits per heavy atom. The first-order chi connectivity index (χ1) is 9.36. The highest BCUT2D eigenvalue weighted by atomic mass is 32.2. The smallest absolute Gasteiger partial charge is 0.252 e. The monoisotopic (exact) mass is 306 g/mol. The summed E-state index contributed by atoms with van der Waals surface area (Å²) in [4.78, 5) is 0. The molecule has 0 amide bonds. The van der Waals surface area contributed by atoms with Gasteiger partial charge in [0.15, 0.2) is 0 Å². The summed E-state index contributed by atoms with van der Waals surface area (Å²) in [6, 6.07) is 9.11. The molecule has 1 atom stereocenters. The van der Waals surface area contributed by atoms with Gasteiger partial charge in [-0.1, -0.05) is 37.3 Å². The maximum Gasteiger partial charge on any atom is 0.252 e. The fourth-order valence-electron chi connectivity index (χ4n) is 1.94. The number of benzene rings is 1. The van der Waals surface area contributed by atoms with Crippen LogP contribution in [0.4, 0.5) is 8.78 Å². The van der Waals surface area contributed by atoms with Crippen LogP contribution in [0.5, 0.6) is 0 Å². The predicted molar refractivity (Wildman–Crippen MR) is 75.3 cm³/mol. The number of nitrogens with two attached hydrogens (primary N) is 1. The van der Waals surface area contributed by atoms with Crippen LogP contribution >= 0.6 is 0 Å². The van der Waals surface area contributed by atoms with E-state index in [-0.39, 0.29) is 24.8 Å². The number of halogens is 2. The minimum atomic E-state index is -3.75. The molecule has 7 heteroatoms. The molecule has 0 aliphatic rings. The molecule has 1 rings (SSSR count). The largest absolute Gasteiger partial charge is 0.329 e. The van der Waals surface area contributed by atoms with Crippen LogP contribution in [0.1, 0.15) is 18.4 Å². The second-order valence-electron chi connectivity index (χ2n) is 4.63. The van der Waals surface area contributed by atoms with E-state index in [9.17, 15) is 17.2 Å². The average molecular weight is 306 g/mol. The van der Waals surface area contributed by atoms with E-state index in [1.54, 1.807) is 6.92 Å². The minimum absolute atomic E-state index is 0.0195. The lowest BCUT2D eigenvalue weighted by Gasteiger charge is -2.23. The maximum atomic E-state index is 12.5. The Balaban J connectivity index is 2.81. The van der Waals surface area contributed by atoms with Gasteiger partial charge in [-0.3, -0.25) is 0 Å². The van der Waals surface area contributed by atoms with Gasteiger partial charge in [0.05, 0.1) is 12.3 Å². The van der Waals surface area contributed by atoms with Crippen LogP contribution in [0.2, 0.25) is 0 Å². The Labute approximate surface area is 118 Å². The van der Waals surface area contributed by atoms with E-state index in [0.717, 1.165) is 9.87 Å². The molecule has 0 heterocycles. The topological polar surface area (TPSA) is 63.4 Å². The SMILES string of the molecule is CC(CS(=O)(=O)N(CCN)CC(F)F)c1ccccc1. The molecular weight excluding hydrogens is 286 g/mol. The summed E-state index contributed by atoms with van der Waals surface area (Å²) in [5, 5.41) is 0. The zero-order valence-electron chi connectivity index (χ0n) is 11.4. The average Bonchev–Trinajstić information content (AvgIpc) is 2.38. The van der Waals surface area contributed by atoms with Crippen LogP contribution in [0.25, 0.3) is 0 Å². The Morgan fingerprint density at radius 2 is 1.85 bits per heavy atom. The third-order valence-corrected chi connectivity index (χ3v) is 4.98. The van der Waals surface area contributed by atoms with E-state index in [2.05, 4.69) is 0 Å². The van der Waals surface area contributed by atoms with Gasteiger partial charge in [0.25, 0.3) is 6.43 Å². The van der Waals surface area contributed by atoms with Crippen LogP contribution in [-0.2, 0) is 10.0 Å². The van der Waals surface area contributed by atoms with Gasteiger partial charge < -0.3 is 5.73 Å². The van der Waals surface area contributed by atoms with Crippen LogP contribution in [0, 0.1) is 0 Å². The van der Waals surface area contributed by atoms with Crippen molar-refractivity contribution in [2.45, 2.75) is 19.3 Å². The molecule has 0 aliphatic heterocycles. The molecule has 1 unspecified atom stereocenters. The highest BCUT2D eigenvalue weighted by Gasteiger charge is 2.27. The zero-order chi connectivity index (χ0) is 15.2. The highest BCUT2D eigenvalue weighted by Crippen LogP contribution is 2.19. The molecule has 1 aromatic carbocycles. The lowest BCUT2D eigenvalue weighted by atomic mass is 10.0. The van der Waals surface area contributed by atoms with Gasteiger partial charge in [0.2, 0.25) is 10.0 Å². The molecule has 20 heavy (non-hydrogen) atoms. The first-order valence-electron chi connectivity index (χ1n) is 6.37. The summed E-state index contributed by atoms with van der Waals surface area (Å²) in [6.45, 7) is 0.886. The number of nitrogens with zero attached hydrogens (tertiary/aromatic N) is 1. The summed E-state index contributed by atoms with van der Waals surface area (Å²) in [5.41, 5.74) is 6.15. The summed E-state index contributed by atoms with van der Waals surface area (Å²) < 4.78 is 50.0. The molecular formula is C13H20F2N2O2S. The van der Waals surface area contributed by atoms with Crippen molar-refractivity contribution in [1.82, 2.24) is 4.31 Å². The molecule has 0 fully saturated rings. The van der Waals surface area contributed by atoms with Crippen molar-refractivity contribution >= 4 is 10.0 Å². The predicted octanol–water partition coefficient (Wildman–Crippen LogP) is 1.65. The molecule has 0 saturated carbocycles. The van der Waals surface area contributed by atoms with Crippen molar-refractivity contribution in [2.75, 3.05) is 25.4 Å². The third-order valence-electron chi connectivity index (χ3n) is 2.94. The van der Waals surface area contributed by atoms with E-state index in [1.165, 1.54) is 0 Å². The molecule has 1 aromatic rings. The van der Waals surface area contributed by atoms with Gasteiger partial charge in [-0.05, 0) is 11.5 Å². The highest BCUT2D eigenvalue weighted by molar-refractivity contribution is 7.89. The van der Waals surface area contributed by atoms with Gasteiger partial charge in [-0.2, -0.15) is 4.31 Å². The van der Waals surface area contributed by atoms with Gasteiger partial charge in [-0.25, -0.2) is 17.2 Å². The lowest BCUT2D eigenvalue weighted by Crippen LogP contribution is -2.40. The Hall–Kier alpha value is -1.05. The quantitative estimate of drug-likeness (QED) is 0.794. The number of alkyl halides is 2. The summed E-state index contributed by atoms with van der Waals surface area (Å²) in [6.07, 6.45) is -2.71. The first-order valence-corrected chi connectivity index (χ1v) is 7.98. The fourth-order valence-corrected chi connectivity index (χ4v) is 3.70. The minimum Gasteiger partial charge on any atom is -0.329 e. The molecule has 0 radical (unpaired) electrons. The number of hydrogen-bond acceptors (Lipinski definition) is 3. The van der Waals surface area contributed by atoms with Gasteiger partial charge in [-0.15, -0.1) is 0 Å². The van der Waals surface area contributed by atoms with Crippen molar-refractivity contribution in [1.29, 1.82) is 0 Å². The number of sulfonamides is 1. The molecule has 0 spiro atoms. The van der Waals surface area contributed by atoms with E-state index in [1.807, 2.05) is 30.3 Å². The van der Waals surface area contributed by atoms with Crippen molar-refractivity contribution < 1.29 is 17.2 Å². The van der Waals surface area contributed by atoms with E-state index in [0.29, 0.717) is 0 Å². The molecule has 0 saturated heterocycles. The maximum absolute atomic E-state index is 12.5. The number of hydrogen-bond donors (Lipinski definition) is 1. The van der Waals surface area contributed by atoms with Crippen LogP contribution in [0.15, 0.2) is 30.3 Å². The summed E-state index contributed by atoms with van der Waals surface area (Å²) >= 11 is 0.